The lowest BCUT2D eigenvalue weighted by molar-refractivity contribution is 0.101. The van der Waals surface area contributed by atoms with Crippen molar-refractivity contribution in [2.45, 2.75) is 6.54 Å². The van der Waals surface area contributed by atoms with Crippen molar-refractivity contribution in [1.82, 2.24) is 20.2 Å². The highest BCUT2D eigenvalue weighted by atomic mass is 19.1. The number of rotatable bonds is 5. The summed E-state index contributed by atoms with van der Waals surface area (Å²) in [7, 11) is 0. The molecule has 4 aromatic rings. The summed E-state index contributed by atoms with van der Waals surface area (Å²) >= 11 is 0. The fourth-order valence-electron chi connectivity index (χ4n) is 2.99. The van der Waals surface area contributed by atoms with Crippen molar-refractivity contribution in [1.29, 1.82) is 0 Å². The number of hydrogen-bond acceptors (Lipinski definition) is 4. The number of aromatic amines is 2. The second-order valence-electron chi connectivity index (χ2n) is 6.32. The van der Waals surface area contributed by atoms with E-state index in [1.54, 1.807) is 12.1 Å². The van der Waals surface area contributed by atoms with Gasteiger partial charge in [0.05, 0.1) is 17.1 Å². The van der Waals surface area contributed by atoms with Crippen LogP contribution in [0.1, 0.15) is 16.1 Å². The Bertz CT molecular complexity index is 1200. The van der Waals surface area contributed by atoms with Gasteiger partial charge in [-0.15, -0.1) is 0 Å². The molecule has 0 aliphatic heterocycles. The molecule has 0 aliphatic rings. The predicted molar refractivity (Wildman–Crippen MR) is 104 cm³/mol. The predicted octanol–water partition coefficient (Wildman–Crippen LogP) is 3.60. The molecule has 2 aromatic carbocycles. The molecule has 30 heavy (non-hydrogen) atoms. The van der Waals surface area contributed by atoms with Crippen LogP contribution in [0.2, 0.25) is 0 Å². The summed E-state index contributed by atoms with van der Waals surface area (Å²) in [5.74, 6) is -3.07. The fraction of sp³-hybridized carbons (Fsp3) is 0.0500. The maximum absolute atomic E-state index is 13.9. The Hall–Kier alpha value is -3.92. The molecule has 0 aliphatic carbocycles. The van der Waals surface area contributed by atoms with Gasteiger partial charge in [0.2, 0.25) is 0 Å². The van der Waals surface area contributed by atoms with Gasteiger partial charge in [0.15, 0.2) is 11.5 Å². The van der Waals surface area contributed by atoms with Crippen LogP contribution in [-0.2, 0) is 6.54 Å². The smallest absolute Gasteiger partial charge is 0.261 e. The van der Waals surface area contributed by atoms with Gasteiger partial charge >= 0.3 is 0 Å². The topological polar surface area (TPSA) is 112 Å². The maximum atomic E-state index is 13.9. The van der Waals surface area contributed by atoms with Crippen molar-refractivity contribution in [2.24, 2.45) is 5.73 Å². The van der Waals surface area contributed by atoms with Gasteiger partial charge < -0.3 is 16.0 Å². The summed E-state index contributed by atoms with van der Waals surface area (Å²) in [6.07, 6.45) is 1.36. The van der Waals surface area contributed by atoms with E-state index in [1.807, 2.05) is 0 Å². The molecule has 2 aromatic heterocycles. The van der Waals surface area contributed by atoms with Crippen LogP contribution >= 0.6 is 0 Å². The first kappa shape index (κ1) is 19.4. The van der Waals surface area contributed by atoms with Gasteiger partial charge in [0.1, 0.15) is 23.0 Å². The monoisotopic (exact) mass is 412 g/mol. The van der Waals surface area contributed by atoms with Crippen molar-refractivity contribution in [3.63, 3.8) is 0 Å². The minimum absolute atomic E-state index is 0.0930. The molecule has 2 heterocycles. The largest absolute Gasteiger partial charge is 0.336 e. The number of aromatic nitrogens is 4. The van der Waals surface area contributed by atoms with E-state index in [0.717, 1.165) is 12.1 Å². The number of H-pyrrole nitrogens is 2. The number of imidazole rings is 1. The quantitative estimate of drug-likeness (QED) is 0.401. The van der Waals surface area contributed by atoms with Crippen molar-refractivity contribution in [2.75, 3.05) is 5.32 Å². The van der Waals surface area contributed by atoms with E-state index in [1.165, 1.54) is 24.4 Å². The van der Waals surface area contributed by atoms with Crippen LogP contribution in [0.5, 0.6) is 0 Å². The van der Waals surface area contributed by atoms with Crippen LogP contribution < -0.4 is 11.1 Å². The minimum atomic E-state index is -0.987. The van der Waals surface area contributed by atoms with Gasteiger partial charge in [-0.3, -0.25) is 9.89 Å². The first-order chi connectivity index (χ1) is 14.5. The van der Waals surface area contributed by atoms with Crippen LogP contribution in [0.3, 0.4) is 0 Å². The molecular formula is C20H15F3N6O. The second kappa shape index (κ2) is 7.84. The molecule has 4 rings (SSSR count). The highest BCUT2D eigenvalue weighted by Crippen LogP contribution is 2.29. The Balaban J connectivity index is 1.68. The Morgan fingerprint density at radius 2 is 1.77 bits per heavy atom. The zero-order valence-electron chi connectivity index (χ0n) is 15.3. The summed E-state index contributed by atoms with van der Waals surface area (Å²) in [5.41, 5.74) is 7.15. The van der Waals surface area contributed by atoms with E-state index in [4.69, 9.17) is 5.73 Å². The van der Waals surface area contributed by atoms with Crippen LogP contribution in [0, 0.1) is 17.5 Å². The molecule has 152 valence electrons. The summed E-state index contributed by atoms with van der Waals surface area (Å²) in [4.78, 5) is 19.8. The molecule has 5 N–H and O–H groups in total. The minimum Gasteiger partial charge on any atom is -0.336 e. The number of carbonyl (C=O) groups is 1. The normalized spacial score (nSPS) is 10.9. The van der Waals surface area contributed by atoms with Gasteiger partial charge in [0, 0.05) is 18.3 Å². The first-order valence-electron chi connectivity index (χ1n) is 8.82. The number of benzene rings is 2. The van der Waals surface area contributed by atoms with Crippen molar-refractivity contribution >= 4 is 11.6 Å². The second-order valence-corrected chi connectivity index (χ2v) is 6.32. The molecule has 0 radical (unpaired) electrons. The van der Waals surface area contributed by atoms with E-state index in [0.29, 0.717) is 17.0 Å². The Kier molecular flexibility index (Phi) is 5.07. The molecule has 0 atom stereocenters. The van der Waals surface area contributed by atoms with Gasteiger partial charge in [-0.2, -0.15) is 5.10 Å². The van der Waals surface area contributed by atoms with E-state index in [-0.39, 0.29) is 29.6 Å². The van der Waals surface area contributed by atoms with Gasteiger partial charge in [-0.05, 0) is 36.4 Å². The number of hydrogen-bond donors (Lipinski definition) is 4. The number of amides is 1. The van der Waals surface area contributed by atoms with E-state index >= 15 is 0 Å². The average Bonchev–Trinajstić information content (AvgIpc) is 3.35. The summed E-state index contributed by atoms with van der Waals surface area (Å²) in [6.45, 7) is 0.0930. The number of carbonyl (C=O) groups excluding carboxylic acids is 1. The molecule has 0 spiro atoms. The molecule has 0 unspecified atom stereocenters. The van der Waals surface area contributed by atoms with Gasteiger partial charge in [-0.1, -0.05) is 6.07 Å². The average molecular weight is 412 g/mol. The first-order valence-corrected chi connectivity index (χ1v) is 8.82. The Morgan fingerprint density at radius 3 is 2.43 bits per heavy atom. The lowest BCUT2D eigenvalue weighted by Gasteiger charge is -2.06. The van der Waals surface area contributed by atoms with Crippen LogP contribution in [0.25, 0.3) is 22.8 Å². The van der Waals surface area contributed by atoms with E-state index in [2.05, 4.69) is 25.5 Å². The molecule has 0 saturated carbocycles. The molecule has 0 bridgehead atoms. The third kappa shape index (κ3) is 3.55. The lowest BCUT2D eigenvalue weighted by Crippen LogP contribution is -2.16. The molecule has 10 heteroatoms. The third-order valence-corrected chi connectivity index (χ3v) is 4.41. The van der Waals surface area contributed by atoms with Crippen molar-refractivity contribution in [3.8, 4) is 22.8 Å². The van der Waals surface area contributed by atoms with Gasteiger partial charge in [0.25, 0.3) is 5.91 Å². The summed E-state index contributed by atoms with van der Waals surface area (Å²) < 4.78 is 41.0. The SMILES string of the molecule is NCc1nc(-c2n[nH]cc2NC(=O)c2c(F)cccc2F)[nH]c1-c1ccc(F)cc1. The number of anilines is 1. The Morgan fingerprint density at radius 1 is 1.07 bits per heavy atom. The van der Waals surface area contributed by atoms with Crippen LogP contribution in [0.4, 0.5) is 18.9 Å². The standard InChI is InChI=1S/C20H15F3N6O/c21-11-6-4-10(5-7-11)17-14(8-24)26-19(28-17)18-15(9-25-29-18)27-20(30)16-12(22)2-1-3-13(16)23/h1-7,9H,8,24H2,(H,25,29)(H,26,28)(H,27,30). The highest BCUT2D eigenvalue weighted by molar-refractivity contribution is 6.06. The summed E-state index contributed by atoms with van der Waals surface area (Å²) in [6, 6.07) is 8.89. The molecule has 0 fully saturated rings. The highest BCUT2D eigenvalue weighted by Gasteiger charge is 2.21. The van der Waals surface area contributed by atoms with E-state index in [9.17, 15) is 18.0 Å². The molecule has 0 saturated heterocycles. The third-order valence-electron chi connectivity index (χ3n) is 4.41. The number of nitrogens with two attached hydrogens (primary N) is 1. The van der Waals surface area contributed by atoms with Crippen molar-refractivity contribution < 1.29 is 18.0 Å². The lowest BCUT2D eigenvalue weighted by atomic mass is 10.1. The number of halogens is 3. The van der Waals surface area contributed by atoms with Crippen LogP contribution in [-0.4, -0.2) is 26.1 Å². The van der Waals surface area contributed by atoms with Gasteiger partial charge in [-0.25, -0.2) is 18.2 Å². The number of nitrogens with one attached hydrogen (secondary N) is 3. The molecule has 7 nitrogen and oxygen atoms in total. The summed E-state index contributed by atoms with van der Waals surface area (Å²) in [5, 5.41) is 9.06. The van der Waals surface area contributed by atoms with Crippen molar-refractivity contribution in [3.05, 3.63) is 77.4 Å². The fourth-order valence-corrected chi connectivity index (χ4v) is 2.99. The zero-order valence-corrected chi connectivity index (χ0v) is 15.3. The zero-order chi connectivity index (χ0) is 21.3. The Labute approximate surface area is 168 Å². The maximum Gasteiger partial charge on any atom is 0.261 e. The molecular weight excluding hydrogens is 397 g/mol. The molecule has 1 amide bonds. The van der Waals surface area contributed by atoms with Crippen LogP contribution in [0.15, 0.2) is 48.7 Å². The number of nitrogens with zero attached hydrogens (tertiary/aromatic N) is 2. The van der Waals surface area contributed by atoms with E-state index < -0.39 is 23.1 Å².